The summed E-state index contributed by atoms with van der Waals surface area (Å²) in [4.78, 5) is 44.3. The largest absolute Gasteiger partial charge is 0.481 e. The lowest BCUT2D eigenvalue weighted by atomic mass is 10.0. The van der Waals surface area contributed by atoms with Gasteiger partial charge in [0.15, 0.2) is 0 Å². The summed E-state index contributed by atoms with van der Waals surface area (Å²) >= 11 is 33.7. The zero-order chi connectivity index (χ0) is 37.5. The van der Waals surface area contributed by atoms with E-state index in [0.717, 1.165) is 49.0 Å². The molecule has 4 aromatic rings. The highest BCUT2D eigenvalue weighted by molar-refractivity contribution is 14.1. The molecular weight excluding hydrogens is 993 g/mol. The zero-order valence-electron chi connectivity index (χ0n) is 27.5. The fourth-order valence-corrected chi connectivity index (χ4v) is 8.05. The Morgan fingerprint density at radius 1 is 0.654 bits per heavy atom. The number of alkyl halides is 1. The molecule has 0 bridgehead atoms. The van der Waals surface area contributed by atoms with E-state index in [0.29, 0.717) is 45.6 Å². The van der Waals surface area contributed by atoms with Crippen LogP contribution >= 0.6 is 101 Å². The van der Waals surface area contributed by atoms with Crippen molar-refractivity contribution in [2.45, 2.75) is 19.5 Å². The first-order valence-electron chi connectivity index (χ1n) is 16.1. The van der Waals surface area contributed by atoms with Crippen molar-refractivity contribution in [1.82, 2.24) is 9.80 Å². The summed E-state index contributed by atoms with van der Waals surface area (Å²) in [5.74, 6) is -0.655. The number of halogens is 7. The first kappa shape index (κ1) is 40.9. The van der Waals surface area contributed by atoms with Gasteiger partial charge in [-0.1, -0.05) is 113 Å². The number of aliphatic carboxylic acids is 1. The highest BCUT2D eigenvalue weighted by atomic mass is 127. The van der Waals surface area contributed by atoms with Crippen LogP contribution in [0, 0.1) is 11.8 Å². The van der Waals surface area contributed by atoms with Gasteiger partial charge in [0.2, 0.25) is 0 Å². The van der Waals surface area contributed by atoms with Crippen LogP contribution in [0.25, 0.3) is 0 Å². The second-order valence-electron chi connectivity index (χ2n) is 12.5. The molecule has 52 heavy (non-hydrogen) atoms. The van der Waals surface area contributed by atoms with E-state index < -0.39 is 5.97 Å². The summed E-state index contributed by atoms with van der Waals surface area (Å²) in [5.41, 5.74) is 3.31. The molecule has 4 amide bonds. The van der Waals surface area contributed by atoms with Gasteiger partial charge in [0, 0.05) is 95.9 Å². The Morgan fingerprint density at radius 3 is 1.44 bits per heavy atom. The maximum Gasteiger partial charge on any atom is 0.324 e. The lowest BCUT2D eigenvalue weighted by Gasteiger charge is -2.40. The number of hydrogen-bond acceptors (Lipinski definition) is 3. The molecule has 0 saturated carbocycles. The highest BCUT2D eigenvalue weighted by Crippen LogP contribution is 2.31. The fourth-order valence-electron chi connectivity index (χ4n) is 6.03. The van der Waals surface area contributed by atoms with Crippen LogP contribution in [0.1, 0.15) is 17.5 Å². The van der Waals surface area contributed by atoms with E-state index in [4.69, 9.17) is 46.4 Å². The van der Waals surface area contributed by atoms with Crippen LogP contribution < -0.4 is 9.80 Å². The number of carboxylic acids is 1. The molecule has 15 heteroatoms. The van der Waals surface area contributed by atoms with Crippen molar-refractivity contribution in [3.63, 3.8) is 0 Å². The maximum atomic E-state index is 13.0. The first-order valence-corrected chi connectivity index (χ1v) is 20.7. The summed E-state index contributed by atoms with van der Waals surface area (Å²) in [5, 5.41) is 11.4. The van der Waals surface area contributed by atoms with Crippen LogP contribution in [-0.2, 0) is 17.9 Å². The minimum Gasteiger partial charge on any atom is -0.481 e. The zero-order valence-corrected chi connectivity index (χ0v) is 35.9. The quantitative estimate of drug-likeness (QED) is 0.134. The summed E-state index contributed by atoms with van der Waals surface area (Å²) in [6, 6.07) is 25.6. The molecule has 4 aromatic carbocycles. The van der Waals surface area contributed by atoms with Gasteiger partial charge >= 0.3 is 18.0 Å². The maximum absolute atomic E-state index is 13.0. The van der Waals surface area contributed by atoms with Crippen molar-refractivity contribution in [3.8, 4) is 0 Å². The Kier molecular flexibility index (Phi) is 14.8. The predicted octanol–water partition coefficient (Wildman–Crippen LogP) is 11.5. The molecule has 2 fully saturated rings. The highest BCUT2D eigenvalue weighted by Gasteiger charge is 2.35. The van der Waals surface area contributed by atoms with Crippen LogP contribution in [0.3, 0.4) is 0 Å². The molecule has 0 radical (unpaired) electrons. The molecule has 0 aromatic heterocycles. The van der Waals surface area contributed by atoms with Crippen molar-refractivity contribution < 1.29 is 19.5 Å². The van der Waals surface area contributed by atoms with Crippen LogP contribution in [0.2, 0.25) is 20.1 Å². The Morgan fingerprint density at radius 2 is 1.06 bits per heavy atom. The molecule has 2 atom stereocenters. The average Bonchev–Trinajstić information content (AvgIpc) is 3.10. The summed E-state index contributed by atoms with van der Waals surface area (Å²) < 4.78 is 2.89. The van der Waals surface area contributed by atoms with Crippen LogP contribution in [-0.4, -0.2) is 63.5 Å². The Bertz CT molecular complexity index is 1910. The minimum atomic E-state index is -0.880. The monoisotopic (exact) mass is 1020 g/mol. The van der Waals surface area contributed by atoms with Gasteiger partial charge in [-0.2, -0.15) is 0 Å². The van der Waals surface area contributed by atoms with Gasteiger partial charge in [-0.3, -0.25) is 14.6 Å². The van der Waals surface area contributed by atoms with Crippen molar-refractivity contribution >= 4 is 130 Å². The molecule has 6 rings (SSSR count). The standard InChI is InChI=1S/C19H17BrCl2N2O3.C18H16BrCl2IN2O/c20-14-2-5-16(6-3-14)24-10-12(7-18(25)26)9-23(19(24)27)11-13-1-4-15(21)8-17(13)22;19-14-2-5-16(6-3-14)24-10-12(8-22)9-23(18(24)25)11-13-1-4-15(20)7-17(13)21/h1-6,8,12H,7,9-11H2,(H,25,26);1-7,12H,8-11H2. The molecule has 2 aliphatic heterocycles. The Hall–Kier alpha value is -2.26. The Balaban J connectivity index is 0.000000202. The number of rotatable bonds is 9. The average molecular weight is 1030 g/mol. The Labute approximate surface area is 353 Å². The first-order chi connectivity index (χ1) is 24.8. The van der Waals surface area contributed by atoms with Crippen molar-refractivity contribution in [2.24, 2.45) is 11.8 Å². The van der Waals surface area contributed by atoms with Gasteiger partial charge in [0.05, 0.1) is 6.42 Å². The molecule has 2 aliphatic rings. The van der Waals surface area contributed by atoms with E-state index in [2.05, 4.69) is 54.5 Å². The normalized spacial score (nSPS) is 17.6. The van der Waals surface area contributed by atoms with Gasteiger partial charge in [0.1, 0.15) is 0 Å². The second kappa shape index (κ2) is 18.9. The van der Waals surface area contributed by atoms with E-state index >= 15 is 0 Å². The molecule has 1 N–H and O–H groups in total. The number of urea groups is 2. The summed E-state index contributed by atoms with van der Waals surface area (Å²) in [6.45, 7) is 2.95. The fraction of sp³-hybridized carbons (Fsp3) is 0.270. The van der Waals surface area contributed by atoms with E-state index in [1.54, 1.807) is 40.1 Å². The number of anilines is 2. The van der Waals surface area contributed by atoms with E-state index in [1.165, 1.54) is 0 Å². The number of nitrogens with zero attached hydrogens (tertiary/aromatic N) is 4. The molecule has 8 nitrogen and oxygen atoms in total. The predicted molar refractivity (Wildman–Crippen MR) is 226 cm³/mol. The third-order valence-corrected chi connectivity index (χ3v) is 12.0. The number of hydrogen-bond donors (Lipinski definition) is 1. The topological polar surface area (TPSA) is 84.4 Å². The van der Waals surface area contributed by atoms with Gasteiger partial charge in [-0.25, -0.2) is 9.59 Å². The van der Waals surface area contributed by atoms with Crippen molar-refractivity contribution in [3.05, 3.63) is 125 Å². The van der Waals surface area contributed by atoms with Crippen LogP contribution in [0.4, 0.5) is 21.0 Å². The molecule has 0 spiro atoms. The van der Waals surface area contributed by atoms with Crippen LogP contribution in [0.15, 0.2) is 93.9 Å². The molecule has 2 heterocycles. The van der Waals surface area contributed by atoms with Gasteiger partial charge in [-0.05, 0) is 83.9 Å². The van der Waals surface area contributed by atoms with Gasteiger partial charge in [-0.15, -0.1) is 0 Å². The van der Waals surface area contributed by atoms with E-state index in [-0.39, 0.29) is 30.9 Å². The van der Waals surface area contributed by atoms with E-state index in [1.807, 2.05) is 64.4 Å². The lowest BCUT2D eigenvalue weighted by Crippen LogP contribution is -2.53. The van der Waals surface area contributed by atoms with Crippen LogP contribution in [0.5, 0.6) is 0 Å². The second-order valence-corrected chi connectivity index (χ2v) is 16.9. The van der Waals surface area contributed by atoms with Crippen molar-refractivity contribution in [1.29, 1.82) is 0 Å². The van der Waals surface area contributed by atoms with Crippen molar-refractivity contribution in [2.75, 3.05) is 40.4 Å². The SMILES string of the molecule is O=C(O)CC1CN(Cc2ccc(Cl)cc2Cl)C(=O)N(c2ccc(Br)cc2)C1.O=C1N(Cc2ccc(Cl)cc2Cl)CC(CI)CN1c1ccc(Br)cc1. The number of carbonyl (C=O) groups excluding carboxylic acids is 2. The van der Waals surface area contributed by atoms with Gasteiger partial charge in [0.25, 0.3) is 0 Å². The lowest BCUT2D eigenvalue weighted by molar-refractivity contribution is -0.138. The van der Waals surface area contributed by atoms with Gasteiger partial charge < -0.3 is 14.9 Å². The molecule has 2 saturated heterocycles. The molecule has 0 aliphatic carbocycles. The summed E-state index contributed by atoms with van der Waals surface area (Å²) in [6.07, 6.45) is -0.00877. The minimum absolute atomic E-state index is 0.00874. The van der Waals surface area contributed by atoms with E-state index in [9.17, 15) is 19.5 Å². The third-order valence-electron chi connectivity index (χ3n) is 8.55. The molecule has 274 valence electrons. The smallest absolute Gasteiger partial charge is 0.324 e. The number of benzene rings is 4. The molecule has 2 unspecified atom stereocenters. The number of carbonyl (C=O) groups is 3. The third kappa shape index (κ3) is 10.9. The summed E-state index contributed by atoms with van der Waals surface area (Å²) in [7, 11) is 0. The molecular formula is C37H33Br2Cl4IN4O4. The number of amides is 4. The number of carboxylic acid groups (broad SMARTS) is 1.